The standard InChI is InChI=1S/C13H14N2O2S2/c1-3-17-13(16)8-4-5-9-10(8)15-12(19-9)11-14-7(2)6-18-11/h6,8H,3-5H2,1-2H3. The lowest BCUT2D eigenvalue weighted by Gasteiger charge is -2.07. The zero-order chi connectivity index (χ0) is 13.4. The van der Waals surface area contributed by atoms with Crippen molar-refractivity contribution in [2.45, 2.75) is 32.6 Å². The maximum absolute atomic E-state index is 11.9. The average Bonchev–Trinajstić information content (AvgIpc) is 3.02. The van der Waals surface area contributed by atoms with Gasteiger partial charge in [-0.25, -0.2) is 9.97 Å². The lowest BCUT2D eigenvalue weighted by molar-refractivity contribution is -0.145. The van der Waals surface area contributed by atoms with Crippen LogP contribution in [0.3, 0.4) is 0 Å². The van der Waals surface area contributed by atoms with Crippen LogP contribution in [0.25, 0.3) is 10.0 Å². The predicted molar refractivity (Wildman–Crippen MR) is 75.7 cm³/mol. The quantitative estimate of drug-likeness (QED) is 0.816. The third kappa shape index (κ3) is 2.30. The van der Waals surface area contributed by atoms with E-state index in [0.717, 1.165) is 34.2 Å². The summed E-state index contributed by atoms with van der Waals surface area (Å²) in [7, 11) is 0. The molecule has 6 heteroatoms. The first-order valence-corrected chi connectivity index (χ1v) is 7.97. The van der Waals surface area contributed by atoms with Crippen LogP contribution in [-0.2, 0) is 16.0 Å². The summed E-state index contributed by atoms with van der Waals surface area (Å²) in [6, 6.07) is 0. The lowest BCUT2D eigenvalue weighted by atomic mass is 10.1. The molecular weight excluding hydrogens is 280 g/mol. The van der Waals surface area contributed by atoms with E-state index in [0.29, 0.717) is 6.61 Å². The van der Waals surface area contributed by atoms with Gasteiger partial charge in [-0.15, -0.1) is 22.7 Å². The molecule has 0 aromatic carbocycles. The van der Waals surface area contributed by atoms with Crippen LogP contribution in [0.5, 0.6) is 0 Å². The number of aryl methyl sites for hydroxylation is 2. The van der Waals surface area contributed by atoms with Crippen LogP contribution >= 0.6 is 22.7 Å². The number of aromatic nitrogens is 2. The largest absolute Gasteiger partial charge is 0.465 e. The van der Waals surface area contributed by atoms with Gasteiger partial charge in [0.2, 0.25) is 0 Å². The number of hydrogen-bond donors (Lipinski definition) is 0. The fraction of sp³-hybridized carbons (Fsp3) is 0.462. The van der Waals surface area contributed by atoms with Crippen molar-refractivity contribution in [2.24, 2.45) is 0 Å². The number of nitrogens with zero attached hydrogens (tertiary/aromatic N) is 2. The number of carbonyl (C=O) groups excluding carboxylic acids is 1. The normalized spacial score (nSPS) is 17.5. The summed E-state index contributed by atoms with van der Waals surface area (Å²) in [5.41, 5.74) is 1.92. The molecule has 0 saturated heterocycles. The van der Waals surface area contributed by atoms with Crippen LogP contribution in [0.15, 0.2) is 5.38 Å². The van der Waals surface area contributed by atoms with Gasteiger partial charge in [-0.1, -0.05) is 0 Å². The second-order valence-electron chi connectivity index (χ2n) is 4.46. The Balaban J connectivity index is 1.90. The molecule has 0 bridgehead atoms. The van der Waals surface area contributed by atoms with Gasteiger partial charge in [-0.05, 0) is 26.7 Å². The summed E-state index contributed by atoms with van der Waals surface area (Å²) in [5.74, 6) is -0.325. The molecule has 100 valence electrons. The fourth-order valence-electron chi connectivity index (χ4n) is 2.24. The molecule has 2 aromatic rings. The second kappa shape index (κ2) is 5.02. The Hall–Kier alpha value is -1.27. The molecule has 1 unspecified atom stereocenters. The van der Waals surface area contributed by atoms with Crippen LogP contribution in [0.4, 0.5) is 0 Å². The summed E-state index contributed by atoms with van der Waals surface area (Å²) in [5, 5.41) is 3.89. The molecule has 3 rings (SSSR count). The van der Waals surface area contributed by atoms with Crippen molar-refractivity contribution in [2.75, 3.05) is 6.61 Å². The molecule has 2 heterocycles. The van der Waals surface area contributed by atoms with Crippen molar-refractivity contribution in [1.82, 2.24) is 9.97 Å². The first-order valence-electron chi connectivity index (χ1n) is 6.27. The minimum atomic E-state index is -0.180. The molecule has 2 aromatic heterocycles. The topological polar surface area (TPSA) is 52.1 Å². The van der Waals surface area contributed by atoms with Gasteiger partial charge in [-0.3, -0.25) is 4.79 Å². The highest BCUT2D eigenvalue weighted by Crippen LogP contribution is 2.40. The van der Waals surface area contributed by atoms with Crippen molar-refractivity contribution < 1.29 is 9.53 Å². The van der Waals surface area contributed by atoms with E-state index in [-0.39, 0.29) is 11.9 Å². The first-order chi connectivity index (χ1) is 9.19. The Morgan fingerprint density at radius 1 is 1.47 bits per heavy atom. The molecule has 0 spiro atoms. The predicted octanol–water partition coefficient (Wildman–Crippen LogP) is 3.17. The monoisotopic (exact) mass is 294 g/mol. The maximum Gasteiger partial charge on any atom is 0.315 e. The fourth-order valence-corrected chi connectivity index (χ4v) is 4.21. The van der Waals surface area contributed by atoms with E-state index in [1.54, 1.807) is 22.7 Å². The summed E-state index contributed by atoms with van der Waals surface area (Å²) >= 11 is 3.26. The van der Waals surface area contributed by atoms with E-state index >= 15 is 0 Å². The molecule has 19 heavy (non-hydrogen) atoms. The van der Waals surface area contributed by atoms with Crippen LogP contribution in [0, 0.1) is 6.92 Å². The molecule has 0 aliphatic heterocycles. The van der Waals surface area contributed by atoms with E-state index in [2.05, 4.69) is 9.97 Å². The van der Waals surface area contributed by atoms with Crippen LogP contribution < -0.4 is 0 Å². The minimum Gasteiger partial charge on any atom is -0.465 e. The van der Waals surface area contributed by atoms with Gasteiger partial charge in [0.05, 0.1) is 12.3 Å². The number of carbonyl (C=O) groups is 1. The summed E-state index contributed by atoms with van der Waals surface area (Å²) in [6.07, 6.45) is 1.74. The van der Waals surface area contributed by atoms with Crippen molar-refractivity contribution in [3.05, 3.63) is 21.6 Å². The Kier molecular flexibility index (Phi) is 3.36. The second-order valence-corrected chi connectivity index (χ2v) is 6.41. The average molecular weight is 294 g/mol. The summed E-state index contributed by atoms with van der Waals surface area (Å²) < 4.78 is 5.11. The molecule has 0 N–H and O–H groups in total. The highest BCUT2D eigenvalue weighted by molar-refractivity contribution is 7.20. The van der Waals surface area contributed by atoms with Crippen LogP contribution in [-0.4, -0.2) is 22.5 Å². The van der Waals surface area contributed by atoms with Gasteiger partial charge < -0.3 is 4.74 Å². The van der Waals surface area contributed by atoms with E-state index in [1.165, 1.54) is 4.88 Å². The Labute approximate surface area is 119 Å². The van der Waals surface area contributed by atoms with Gasteiger partial charge in [0.15, 0.2) is 10.0 Å². The molecular formula is C13H14N2O2S2. The van der Waals surface area contributed by atoms with E-state index in [4.69, 9.17) is 4.74 Å². The van der Waals surface area contributed by atoms with E-state index in [9.17, 15) is 4.79 Å². The van der Waals surface area contributed by atoms with Crippen molar-refractivity contribution in [3.63, 3.8) is 0 Å². The van der Waals surface area contributed by atoms with Crippen LogP contribution in [0.1, 0.15) is 35.5 Å². The van der Waals surface area contributed by atoms with Crippen molar-refractivity contribution >= 4 is 28.6 Å². The molecule has 1 atom stereocenters. The molecule has 0 amide bonds. The van der Waals surface area contributed by atoms with Gasteiger partial charge in [-0.2, -0.15) is 0 Å². The lowest BCUT2D eigenvalue weighted by Crippen LogP contribution is -2.14. The molecule has 1 aliphatic carbocycles. The highest BCUT2D eigenvalue weighted by Gasteiger charge is 2.34. The van der Waals surface area contributed by atoms with Gasteiger partial charge >= 0.3 is 5.97 Å². The number of rotatable bonds is 3. The Morgan fingerprint density at radius 3 is 3.00 bits per heavy atom. The van der Waals surface area contributed by atoms with Crippen molar-refractivity contribution in [3.8, 4) is 10.0 Å². The van der Waals surface area contributed by atoms with Gasteiger partial charge in [0.25, 0.3) is 0 Å². The number of hydrogen-bond acceptors (Lipinski definition) is 6. The van der Waals surface area contributed by atoms with Crippen molar-refractivity contribution in [1.29, 1.82) is 0 Å². The van der Waals surface area contributed by atoms with Gasteiger partial charge in [0, 0.05) is 16.0 Å². The molecule has 0 saturated carbocycles. The Bertz CT molecular complexity index is 618. The van der Waals surface area contributed by atoms with Gasteiger partial charge in [0.1, 0.15) is 5.92 Å². The molecule has 0 fully saturated rings. The number of fused-ring (bicyclic) bond motifs is 1. The molecule has 4 nitrogen and oxygen atoms in total. The van der Waals surface area contributed by atoms with Crippen LogP contribution in [0.2, 0.25) is 0 Å². The smallest absolute Gasteiger partial charge is 0.315 e. The first kappa shape index (κ1) is 12.7. The summed E-state index contributed by atoms with van der Waals surface area (Å²) in [4.78, 5) is 22.2. The summed E-state index contributed by atoms with van der Waals surface area (Å²) in [6.45, 7) is 4.23. The maximum atomic E-state index is 11.9. The number of esters is 1. The number of thiazole rings is 2. The zero-order valence-corrected chi connectivity index (χ0v) is 12.4. The SMILES string of the molecule is CCOC(=O)C1CCc2sc(-c3nc(C)cs3)nc21. The molecule has 1 aliphatic rings. The third-order valence-electron chi connectivity index (χ3n) is 3.09. The number of ether oxygens (including phenoxy) is 1. The molecule has 0 radical (unpaired) electrons. The minimum absolute atomic E-state index is 0.145. The van der Waals surface area contributed by atoms with E-state index in [1.807, 2.05) is 19.2 Å². The van der Waals surface area contributed by atoms with E-state index < -0.39 is 0 Å². The third-order valence-corrected chi connectivity index (χ3v) is 5.32. The zero-order valence-electron chi connectivity index (χ0n) is 10.8. The Morgan fingerprint density at radius 2 is 2.32 bits per heavy atom. The highest BCUT2D eigenvalue weighted by atomic mass is 32.1.